The summed E-state index contributed by atoms with van der Waals surface area (Å²) in [5, 5.41) is 3.20. The van der Waals surface area contributed by atoms with Crippen LogP contribution in [0.4, 0.5) is 0 Å². The number of carbonyl (C=O) groups is 1. The van der Waals surface area contributed by atoms with Crippen molar-refractivity contribution in [2.45, 2.75) is 155 Å². The van der Waals surface area contributed by atoms with Crippen LogP contribution >= 0.6 is 0 Å². The molecule has 1 aromatic carbocycles. The van der Waals surface area contributed by atoms with E-state index < -0.39 is 0 Å². The fraction of sp³-hybridized carbons (Fsp3) is 0.758. The van der Waals surface area contributed by atoms with Gasteiger partial charge >= 0.3 is 0 Å². The van der Waals surface area contributed by atoms with Crippen molar-refractivity contribution in [1.29, 1.82) is 0 Å². The van der Waals surface area contributed by atoms with Crippen molar-refractivity contribution in [3.05, 3.63) is 30.1 Å². The van der Waals surface area contributed by atoms with E-state index in [1.165, 1.54) is 128 Å². The molecule has 4 nitrogen and oxygen atoms in total. The largest absolute Gasteiger partial charge is 0.349 e. The zero-order valence-electron chi connectivity index (χ0n) is 24.0. The van der Waals surface area contributed by atoms with Gasteiger partial charge < -0.3 is 9.88 Å². The van der Waals surface area contributed by atoms with Crippen molar-refractivity contribution < 1.29 is 4.79 Å². The summed E-state index contributed by atoms with van der Waals surface area (Å²) in [4.78, 5) is 17.5. The van der Waals surface area contributed by atoms with E-state index in [9.17, 15) is 4.79 Å². The summed E-state index contributed by atoms with van der Waals surface area (Å²) in [5.74, 6) is 1.43. The number of para-hydroxylation sites is 2. The Morgan fingerprint density at radius 3 is 1.92 bits per heavy atom. The molecule has 1 N–H and O–H groups in total. The van der Waals surface area contributed by atoms with Crippen LogP contribution in [0.1, 0.15) is 148 Å². The molecule has 0 unspecified atom stereocenters. The minimum Gasteiger partial charge on any atom is -0.349 e. The van der Waals surface area contributed by atoms with Gasteiger partial charge in [0, 0.05) is 12.5 Å². The topological polar surface area (TPSA) is 46.9 Å². The first-order valence-corrected chi connectivity index (χ1v) is 16.0. The average molecular weight is 510 g/mol. The van der Waals surface area contributed by atoms with Gasteiger partial charge in [-0.25, -0.2) is 4.98 Å². The summed E-state index contributed by atoms with van der Waals surface area (Å²) in [5.41, 5.74) is 2.24. The molecule has 0 aliphatic heterocycles. The molecule has 1 heterocycles. The number of unbranched alkanes of at least 4 members (excludes halogenated alkanes) is 15. The highest BCUT2D eigenvalue weighted by atomic mass is 16.1. The molecule has 1 aromatic heterocycles. The highest BCUT2D eigenvalue weighted by Gasteiger charge is 2.21. The molecule has 0 radical (unpaired) electrons. The first kappa shape index (κ1) is 29.7. The summed E-state index contributed by atoms with van der Waals surface area (Å²) in [7, 11) is 0. The van der Waals surface area contributed by atoms with Gasteiger partial charge in [-0.2, -0.15) is 0 Å². The van der Waals surface area contributed by atoms with E-state index in [1.807, 2.05) is 0 Å². The van der Waals surface area contributed by atoms with Crippen LogP contribution in [0.15, 0.2) is 24.3 Å². The molecule has 0 bridgehead atoms. The predicted molar refractivity (Wildman–Crippen MR) is 158 cm³/mol. The Kier molecular flexibility index (Phi) is 14.8. The minimum absolute atomic E-state index is 0.201. The van der Waals surface area contributed by atoms with Gasteiger partial charge in [-0.05, 0) is 31.4 Å². The molecular formula is C33H55N3O. The molecule has 1 fully saturated rings. The third kappa shape index (κ3) is 11.2. The molecule has 0 spiro atoms. The molecule has 0 saturated heterocycles. The standard InChI is InChI=1S/C33H55N3O/c1-2-3-4-5-6-7-8-9-10-11-12-13-14-15-16-22-27-36-31-26-21-20-25-30(31)35-32(36)28-34-33(37)29-23-18-17-19-24-29/h20-21,25-26,29H,2-19,22-24,27-28H2,1H3,(H,34,37). The van der Waals surface area contributed by atoms with E-state index in [0.717, 1.165) is 30.7 Å². The van der Waals surface area contributed by atoms with Crippen LogP contribution in [0.5, 0.6) is 0 Å². The first-order chi connectivity index (χ1) is 18.3. The van der Waals surface area contributed by atoms with Gasteiger partial charge in [0.15, 0.2) is 0 Å². The quantitative estimate of drug-likeness (QED) is 0.181. The Labute approximate surface area is 227 Å². The number of imidazole rings is 1. The Morgan fingerprint density at radius 1 is 0.784 bits per heavy atom. The normalized spacial score (nSPS) is 14.4. The summed E-state index contributed by atoms with van der Waals surface area (Å²) >= 11 is 0. The zero-order chi connectivity index (χ0) is 26.0. The van der Waals surface area contributed by atoms with E-state index in [1.54, 1.807) is 0 Å². The summed E-state index contributed by atoms with van der Waals surface area (Å²) in [6.45, 7) is 3.83. The predicted octanol–water partition coefficient (Wildman–Crippen LogP) is 9.49. The van der Waals surface area contributed by atoms with Crippen LogP contribution in [0, 0.1) is 5.92 Å². The fourth-order valence-corrected chi connectivity index (χ4v) is 6.00. The Morgan fingerprint density at radius 2 is 1.32 bits per heavy atom. The number of carbonyl (C=O) groups excluding carboxylic acids is 1. The van der Waals surface area contributed by atoms with Gasteiger partial charge in [-0.15, -0.1) is 0 Å². The number of nitrogens with zero attached hydrogens (tertiary/aromatic N) is 2. The van der Waals surface area contributed by atoms with Crippen LogP contribution in [-0.2, 0) is 17.9 Å². The van der Waals surface area contributed by atoms with Crippen molar-refractivity contribution in [2.24, 2.45) is 5.92 Å². The molecule has 0 atom stereocenters. The van der Waals surface area contributed by atoms with Crippen molar-refractivity contribution in [3.8, 4) is 0 Å². The number of nitrogens with one attached hydrogen (secondary N) is 1. The lowest BCUT2D eigenvalue weighted by Gasteiger charge is -2.20. The lowest BCUT2D eigenvalue weighted by Crippen LogP contribution is -2.32. The van der Waals surface area contributed by atoms with Crippen LogP contribution in [0.3, 0.4) is 0 Å². The molecule has 1 aliphatic rings. The van der Waals surface area contributed by atoms with E-state index in [4.69, 9.17) is 4.98 Å². The van der Waals surface area contributed by atoms with E-state index in [2.05, 4.69) is 41.1 Å². The number of amides is 1. The van der Waals surface area contributed by atoms with Crippen LogP contribution in [0.25, 0.3) is 11.0 Å². The van der Waals surface area contributed by atoms with Crippen LogP contribution in [-0.4, -0.2) is 15.5 Å². The first-order valence-electron chi connectivity index (χ1n) is 16.0. The number of aryl methyl sites for hydroxylation is 1. The van der Waals surface area contributed by atoms with Crippen molar-refractivity contribution >= 4 is 16.9 Å². The van der Waals surface area contributed by atoms with Gasteiger partial charge in [0.05, 0.1) is 17.6 Å². The van der Waals surface area contributed by atoms with Crippen LogP contribution < -0.4 is 5.32 Å². The molecule has 4 heteroatoms. The number of benzene rings is 1. The van der Waals surface area contributed by atoms with Gasteiger partial charge in [0.2, 0.25) is 5.91 Å². The lowest BCUT2D eigenvalue weighted by molar-refractivity contribution is -0.126. The summed E-state index contributed by atoms with van der Waals surface area (Å²) in [6, 6.07) is 8.41. The van der Waals surface area contributed by atoms with Crippen molar-refractivity contribution in [3.63, 3.8) is 0 Å². The van der Waals surface area contributed by atoms with Gasteiger partial charge in [-0.3, -0.25) is 4.79 Å². The number of hydrogen-bond donors (Lipinski definition) is 1. The van der Waals surface area contributed by atoms with Gasteiger partial charge in [0.25, 0.3) is 0 Å². The minimum atomic E-state index is 0.201. The molecular weight excluding hydrogens is 454 g/mol. The second kappa shape index (κ2) is 18.4. The Hall–Kier alpha value is -1.84. The average Bonchev–Trinajstić information content (AvgIpc) is 3.29. The van der Waals surface area contributed by atoms with Crippen LogP contribution in [0.2, 0.25) is 0 Å². The summed E-state index contributed by atoms with van der Waals surface area (Å²) in [6.07, 6.45) is 28.0. The van der Waals surface area contributed by atoms with Crippen molar-refractivity contribution in [1.82, 2.24) is 14.9 Å². The smallest absolute Gasteiger partial charge is 0.223 e. The molecule has 2 aromatic rings. The fourth-order valence-electron chi connectivity index (χ4n) is 6.00. The number of fused-ring (bicyclic) bond motifs is 1. The van der Waals surface area contributed by atoms with Gasteiger partial charge in [0.1, 0.15) is 5.82 Å². The van der Waals surface area contributed by atoms with E-state index in [0.29, 0.717) is 6.54 Å². The highest BCUT2D eigenvalue weighted by molar-refractivity contribution is 5.79. The van der Waals surface area contributed by atoms with E-state index in [-0.39, 0.29) is 11.8 Å². The molecule has 1 saturated carbocycles. The lowest BCUT2D eigenvalue weighted by atomic mass is 9.89. The molecule has 1 aliphatic carbocycles. The number of aromatic nitrogens is 2. The van der Waals surface area contributed by atoms with Gasteiger partial charge in [-0.1, -0.05) is 135 Å². The number of rotatable bonds is 20. The molecule has 3 rings (SSSR count). The maximum Gasteiger partial charge on any atom is 0.223 e. The second-order valence-corrected chi connectivity index (χ2v) is 11.5. The number of hydrogen-bond acceptors (Lipinski definition) is 2. The molecule has 37 heavy (non-hydrogen) atoms. The second-order valence-electron chi connectivity index (χ2n) is 11.5. The molecule has 208 valence electrons. The van der Waals surface area contributed by atoms with Crippen molar-refractivity contribution in [2.75, 3.05) is 0 Å². The molecule has 1 amide bonds. The Balaban J connectivity index is 1.26. The maximum atomic E-state index is 12.7. The zero-order valence-corrected chi connectivity index (χ0v) is 24.0. The Bertz CT molecular complexity index is 868. The third-order valence-electron chi connectivity index (χ3n) is 8.37. The van der Waals surface area contributed by atoms with E-state index >= 15 is 0 Å². The SMILES string of the molecule is CCCCCCCCCCCCCCCCCCn1c(CNC(=O)C2CCCCC2)nc2ccccc21. The monoisotopic (exact) mass is 509 g/mol. The third-order valence-corrected chi connectivity index (χ3v) is 8.37. The maximum absolute atomic E-state index is 12.7. The highest BCUT2D eigenvalue weighted by Crippen LogP contribution is 2.24. The summed E-state index contributed by atoms with van der Waals surface area (Å²) < 4.78 is 2.35.